The van der Waals surface area contributed by atoms with Crippen LogP contribution >= 0.6 is 0 Å². The molecule has 0 saturated heterocycles. The summed E-state index contributed by atoms with van der Waals surface area (Å²) in [5.74, 6) is -1.31. The fourth-order valence-corrected chi connectivity index (χ4v) is 1.69. The number of nitrogens with two attached hydrogens (primary N) is 1. The number of amides is 1. The summed E-state index contributed by atoms with van der Waals surface area (Å²) in [6, 6.07) is 4.51. The minimum Gasteiger partial charge on any atom is -0.374 e. The first-order chi connectivity index (χ1) is 8.07. The van der Waals surface area contributed by atoms with E-state index in [1.807, 2.05) is 19.0 Å². The van der Waals surface area contributed by atoms with Crippen molar-refractivity contribution in [1.82, 2.24) is 5.32 Å². The molecule has 94 valence electrons. The van der Waals surface area contributed by atoms with E-state index in [0.717, 1.165) is 19.5 Å². The maximum Gasteiger partial charge on any atom is 0.253 e. The highest BCUT2D eigenvalue weighted by molar-refractivity contribution is 5.98. The molecule has 1 rings (SSSR count). The molecule has 4 nitrogen and oxygen atoms in total. The molecule has 0 fully saturated rings. The van der Waals surface area contributed by atoms with E-state index in [1.54, 1.807) is 12.1 Å². The van der Waals surface area contributed by atoms with Crippen molar-refractivity contribution in [1.29, 1.82) is 0 Å². The van der Waals surface area contributed by atoms with Gasteiger partial charge in [0.05, 0.1) is 11.3 Å². The van der Waals surface area contributed by atoms with Gasteiger partial charge in [0.1, 0.15) is 5.82 Å². The molecule has 0 aliphatic heterocycles. The van der Waals surface area contributed by atoms with E-state index in [9.17, 15) is 9.18 Å². The Labute approximate surface area is 101 Å². The lowest BCUT2D eigenvalue weighted by Crippen LogP contribution is -2.26. The summed E-state index contributed by atoms with van der Waals surface area (Å²) >= 11 is 0. The summed E-state index contributed by atoms with van der Waals surface area (Å²) < 4.78 is 13.5. The van der Waals surface area contributed by atoms with Gasteiger partial charge in [0.25, 0.3) is 5.91 Å². The highest BCUT2D eigenvalue weighted by Gasteiger charge is 2.16. The number of nitrogens with one attached hydrogen (secondary N) is 1. The Bertz CT molecular complexity index is 395. The third-order valence-electron chi connectivity index (χ3n) is 2.57. The van der Waals surface area contributed by atoms with E-state index >= 15 is 0 Å². The topological polar surface area (TPSA) is 58.4 Å². The van der Waals surface area contributed by atoms with E-state index in [2.05, 4.69) is 5.32 Å². The highest BCUT2D eigenvalue weighted by atomic mass is 19.1. The maximum absolute atomic E-state index is 13.5. The van der Waals surface area contributed by atoms with E-state index < -0.39 is 11.7 Å². The van der Waals surface area contributed by atoms with E-state index in [-0.39, 0.29) is 5.56 Å². The predicted octanol–water partition coefficient (Wildman–Crippen LogP) is 0.970. The number of carbonyl (C=O) groups is 1. The molecule has 0 aliphatic rings. The van der Waals surface area contributed by atoms with Crippen molar-refractivity contribution < 1.29 is 9.18 Å². The van der Waals surface area contributed by atoms with Gasteiger partial charge >= 0.3 is 0 Å². The maximum atomic E-state index is 13.5. The lowest BCUT2D eigenvalue weighted by molar-refractivity contribution is 0.0997. The number of benzene rings is 1. The zero-order valence-electron chi connectivity index (χ0n) is 10.2. The molecular weight excluding hydrogens is 221 g/mol. The molecule has 1 aromatic carbocycles. The van der Waals surface area contributed by atoms with E-state index in [1.165, 1.54) is 6.07 Å². The predicted molar refractivity (Wildman–Crippen MR) is 66.7 cm³/mol. The lowest BCUT2D eigenvalue weighted by Gasteiger charge is -2.21. The Morgan fingerprint density at radius 1 is 1.53 bits per heavy atom. The first kappa shape index (κ1) is 13.4. The molecule has 1 aromatic rings. The molecule has 0 aromatic heterocycles. The largest absolute Gasteiger partial charge is 0.374 e. The molecule has 0 radical (unpaired) electrons. The summed E-state index contributed by atoms with van der Waals surface area (Å²) in [4.78, 5) is 13.1. The average Bonchev–Trinajstić information content (AvgIpc) is 2.28. The number of anilines is 1. The van der Waals surface area contributed by atoms with Crippen LogP contribution in [0.4, 0.5) is 10.1 Å². The van der Waals surface area contributed by atoms with Crippen LogP contribution in [0, 0.1) is 5.82 Å². The van der Waals surface area contributed by atoms with Crippen LogP contribution in [-0.4, -0.2) is 33.1 Å². The van der Waals surface area contributed by atoms with Gasteiger partial charge in [-0.1, -0.05) is 6.07 Å². The summed E-state index contributed by atoms with van der Waals surface area (Å²) in [5, 5.41) is 3.03. The van der Waals surface area contributed by atoms with Crippen LogP contribution in [0.15, 0.2) is 18.2 Å². The summed E-state index contributed by atoms with van der Waals surface area (Å²) in [6.07, 6.45) is 0.904. The summed E-state index contributed by atoms with van der Waals surface area (Å²) in [5.41, 5.74) is 5.68. The molecule has 0 atom stereocenters. The monoisotopic (exact) mass is 239 g/mol. The fourth-order valence-electron chi connectivity index (χ4n) is 1.69. The smallest absolute Gasteiger partial charge is 0.253 e. The van der Waals surface area contributed by atoms with E-state index in [4.69, 9.17) is 5.73 Å². The van der Waals surface area contributed by atoms with Crippen molar-refractivity contribution in [2.75, 3.05) is 32.1 Å². The molecule has 1 amide bonds. The van der Waals surface area contributed by atoms with Gasteiger partial charge in [-0.15, -0.1) is 0 Å². The van der Waals surface area contributed by atoms with Crippen molar-refractivity contribution in [2.45, 2.75) is 6.42 Å². The number of halogens is 1. The van der Waals surface area contributed by atoms with Gasteiger partial charge in [0.15, 0.2) is 0 Å². The van der Waals surface area contributed by atoms with Gasteiger partial charge in [-0.25, -0.2) is 4.39 Å². The average molecular weight is 239 g/mol. The van der Waals surface area contributed by atoms with Crippen LogP contribution in [-0.2, 0) is 0 Å². The van der Waals surface area contributed by atoms with Gasteiger partial charge in [0, 0.05) is 13.6 Å². The third-order valence-corrected chi connectivity index (χ3v) is 2.57. The van der Waals surface area contributed by atoms with E-state index in [0.29, 0.717) is 5.69 Å². The molecule has 0 bridgehead atoms. The Morgan fingerprint density at radius 2 is 2.24 bits per heavy atom. The third kappa shape index (κ3) is 3.42. The molecule has 0 unspecified atom stereocenters. The molecule has 17 heavy (non-hydrogen) atoms. The van der Waals surface area contributed by atoms with Gasteiger partial charge < -0.3 is 16.0 Å². The highest BCUT2D eigenvalue weighted by Crippen LogP contribution is 2.21. The summed E-state index contributed by atoms with van der Waals surface area (Å²) in [7, 11) is 3.69. The SMILES string of the molecule is CNCCCN(C)c1cccc(F)c1C(N)=O. The van der Waals surface area contributed by atoms with Crippen molar-refractivity contribution >= 4 is 11.6 Å². The zero-order chi connectivity index (χ0) is 12.8. The van der Waals surface area contributed by atoms with Crippen molar-refractivity contribution in [3.63, 3.8) is 0 Å². The van der Waals surface area contributed by atoms with Crippen molar-refractivity contribution in [3.05, 3.63) is 29.6 Å². The number of primary amides is 1. The van der Waals surface area contributed by atoms with Crippen molar-refractivity contribution in [3.8, 4) is 0 Å². The van der Waals surface area contributed by atoms with Crippen LogP contribution in [0.3, 0.4) is 0 Å². The zero-order valence-corrected chi connectivity index (χ0v) is 10.2. The molecule has 0 saturated carbocycles. The van der Waals surface area contributed by atoms with Crippen LogP contribution in [0.1, 0.15) is 16.8 Å². The minimum atomic E-state index is -0.737. The van der Waals surface area contributed by atoms with Crippen LogP contribution in [0.5, 0.6) is 0 Å². The second-order valence-corrected chi connectivity index (χ2v) is 3.88. The van der Waals surface area contributed by atoms with Gasteiger partial charge in [-0.2, -0.15) is 0 Å². The van der Waals surface area contributed by atoms with Crippen LogP contribution in [0.25, 0.3) is 0 Å². The Balaban J connectivity index is 2.89. The van der Waals surface area contributed by atoms with Gasteiger partial charge in [-0.3, -0.25) is 4.79 Å². The normalized spacial score (nSPS) is 10.3. The molecule has 0 spiro atoms. The second kappa shape index (κ2) is 6.20. The summed E-state index contributed by atoms with van der Waals surface area (Å²) in [6.45, 7) is 1.59. The lowest BCUT2D eigenvalue weighted by atomic mass is 10.1. The molecule has 0 aliphatic carbocycles. The molecule has 3 N–H and O–H groups in total. The Kier molecular flexibility index (Phi) is 4.90. The Morgan fingerprint density at radius 3 is 2.82 bits per heavy atom. The van der Waals surface area contributed by atoms with Gasteiger partial charge in [0.2, 0.25) is 0 Å². The quantitative estimate of drug-likeness (QED) is 0.727. The van der Waals surface area contributed by atoms with Crippen LogP contribution in [0.2, 0.25) is 0 Å². The minimum absolute atomic E-state index is 0.0422. The number of hydrogen-bond donors (Lipinski definition) is 2. The first-order valence-corrected chi connectivity index (χ1v) is 5.52. The fraction of sp³-hybridized carbons (Fsp3) is 0.417. The second-order valence-electron chi connectivity index (χ2n) is 3.88. The molecule has 0 heterocycles. The first-order valence-electron chi connectivity index (χ1n) is 5.52. The molecule has 5 heteroatoms. The molecular formula is C12H18FN3O. The van der Waals surface area contributed by atoms with Gasteiger partial charge in [-0.05, 0) is 32.1 Å². The van der Waals surface area contributed by atoms with Crippen molar-refractivity contribution in [2.24, 2.45) is 5.73 Å². The van der Waals surface area contributed by atoms with Crippen LogP contribution < -0.4 is 16.0 Å². The number of hydrogen-bond acceptors (Lipinski definition) is 3. The Hall–Kier alpha value is -1.62. The number of carbonyl (C=O) groups excluding carboxylic acids is 1. The number of rotatable bonds is 6. The number of nitrogens with zero attached hydrogens (tertiary/aromatic N) is 1. The standard InChI is InChI=1S/C12H18FN3O/c1-15-7-4-8-16(2)10-6-3-5-9(13)11(10)12(14)17/h3,5-6,15H,4,7-8H2,1-2H3,(H2,14,17).